The molecule has 1 aliphatic carbocycles. The Morgan fingerprint density at radius 3 is 1.42 bits per heavy atom. The first-order chi connectivity index (χ1) is 33.9. The Labute approximate surface area is 406 Å². The Hall–Kier alpha value is -8.20. The van der Waals surface area contributed by atoms with Crippen LogP contribution in [0.25, 0.3) is 83.1 Å². The third-order valence-electron chi connectivity index (χ3n) is 14.8. The lowest BCUT2D eigenvalue weighted by Crippen LogP contribution is -2.17. The number of anilines is 3. The van der Waals surface area contributed by atoms with Crippen LogP contribution in [0, 0.1) is 0 Å². The van der Waals surface area contributed by atoms with Crippen molar-refractivity contribution in [1.82, 2.24) is 4.57 Å². The number of fused-ring (bicyclic) bond motifs is 6. The van der Waals surface area contributed by atoms with E-state index in [9.17, 15) is 0 Å². The summed E-state index contributed by atoms with van der Waals surface area (Å²) in [6.45, 7) is 9.19. The summed E-state index contributed by atoms with van der Waals surface area (Å²) in [5, 5.41) is 2.65. The zero-order chi connectivity index (χ0) is 46.6. The zero-order valence-electron chi connectivity index (χ0n) is 39.7. The first-order valence-corrected chi connectivity index (χ1v) is 24.5. The maximum absolute atomic E-state index is 2.47. The average molecular weight is 887 g/mol. The lowest BCUT2D eigenvalue weighted by molar-refractivity contribution is 0.660. The molecule has 332 valence electrons. The molecule has 1 heterocycles. The Morgan fingerprint density at radius 1 is 0.362 bits per heavy atom. The first-order valence-electron chi connectivity index (χ1n) is 24.5. The molecule has 0 amide bonds. The van der Waals surface area contributed by atoms with E-state index in [1.165, 1.54) is 105 Å². The predicted octanol–water partition coefficient (Wildman–Crippen LogP) is 18.4. The topological polar surface area (TPSA) is 8.17 Å². The highest BCUT2D eigenvalue weighted by Crippen LogP contribution is 2.52. The molecule has 0 spiro atoms. The lowest BCUT2D eigenvalue weighted by Gasteiger charge is -2.30. The molecule has 2 heteroatoms. The van der Waals surface area contributed by atoms with Gasteiger partial charge < -0.3 is 9.47 Å². The van der Waals surface area contributed by atoms with Crippen molar-refractivity contribution in [3.63, 3.8) is 0 Å². The molecular weight excluding hydrogens is 833 g/mol. The molecular formula is C67H54N2. The van der Waals surface area contributed by atoms with Gasteiger partial charge in [0.2, 0.25) is 0 Å². The van der Waals surface area contributed by atoms with Gasteiger partial charge in [0.15, 0.2) is 0 Å². The molecule has 0 aliphatic heterocycles. The summed E-state index contributed by atoms with van der Waals surface area (Å²) < 4.78 is 2.42. The van der Waals surface area contributed by atoms with Crippen molar-refractivity contribution >= 4 is 38.9 Å². The standard InChI is InChI=1S/C67H54N2/c1-5-45-21-39-64-60(41-45)61-42-46(6-2)22-40-65(61)69(64)55-34-29-51(30-35-55)49-25-23-48(24-26-49)50-27-32-54(33-28-50)68(56-36-38-59-58-19-13-14-20-62(58)67(3,4)63(59)44-56)66-43-53(47-15-9-7-10-16-47)31-37-57(66)52-17-11-8-12-18-52/h7-44H,5-6H2,1-4H3. The molecule has 0 N–H and O–H groups in total. The molecule has 1 aromatic heterocycles. The van der Waals surface area contributed by atoms with Gasteiger partial charge in [-0.25, -0.2) is 0 Å². The van der Waals surface area contributed by atoms with Crippen molar-refractivity contribution < 1.29 is 0 Å². The molecule has 0 bridgehead atoms. The molecule has 69 heavy (non-hydrogen) atoms. The number of nitrogens with zero attached hydrogens (tertiary/aromatic N) is 2. The molecule has 1 aliphatic rings. The van der Waals surface area contributed by atoms with Gasteiger partial charge in [-0.05, 0) is 152 Å². The SMILES string of the molecule is CCc1ccc2c(c1)c1cc(CC)ccc1n2-c1ccc(-c2ccc(-c3ccc(N(c4ccc5c(c4)C(C)(C)c4ccccc4-5)c4cc(-c5ccccc5)ccc4-c4ccccc4)cc3)cc2)cc1. The van der Waals surface area contributed by atoms with Gasteiger partial charge in [0.05, 0.1) is 16.7 Å². The molecule has 11 aromatic rings. The Morgan fingerprint density at radius 2 is 0.826 bits per heavy atom. The summed E-state index contributed by atoms with van der Waals surface area (Å²) in [6, 6.07) is 85.6. The summed E-state index contributed by atoms with van der Waals surface area (Å²) in [5.74, 6) is 0. The fourth-order valence-electron chi connectivity index (χ4n) is 10.9. The Bertz CT molecular complexity index is 3610. The van der Waals surface area contributed by atoms with Crippen LogP contribution in [0.2, 0.25) is 0 Å². The highest BCUT2D eigenvalue weighted by atomic mass is 15.1. The molecule has 0 unspecified atom stereocenters. The third-order valence-corrected chi connectivity index (χ3v) is 14.8. The second-order valence-electron chi connectivity index (χ2n) is 19.1. The minimum absolute atomic E-state index is 0.135. The lowest BCUT2D eigenvalue weighted by atomic mass is 9.82. The number of benzene rings is 10. The van der Waals surface area contributed by atoms with E-state index in [0.717, 1.165) is 29.9 Å². The van der Waals surface area contributed by atoms with E-state index in [1.807, 2.05) is 0 Å². The van der Waals surface area contributed by atoms with E-state index in [0.29, 0.717) is 0 Å². The van der Waals surface area contributed by atoms with E-state index in [-0.39, 0.29) is 5.41 Å². The van der Waals surface area contributed by atoms with Crippen LogP contribution in [0.3, 0.4) is 0 Å². The molecule has 0 fully saturated rings. The van der Waals surface area contributed by atoms with Crippen LogP contribution in [0.1, 0.15) is 49.9 Å². The minimum Gasteiger partial charge on any atom is -0.310 e. The van der Waals surface area contributed by atoms with Crippen molar-refractivity contribution in [3.05, 3.63) is 253 Å². The first kappa shape index (κ1) is 42.2. The van der Waals surface area contributed by atoms with Crippen LogP contribution >= 0.6 is 0 Å². The molecule has 12 rings (SSSR count). The van der Waals surface area contributed by atoms with Gasteiger partial charge in [-0.1, -0.05) is 191 Å². The fourth-order valence-corrected chi connectivity index (χ4v) is 10.9. The van der Waals surface area contributed by atoms with Gasteiger partial charge in [0.1, 0.15) is 0 Å². The average Bonchev–Trinajstić information content (AvgIpc) is 3.86. The van der Waals surface area contributed by atoms with E-state index < -0.39 is 0 Å². The van der Waals surface area contributed by atoms with Crippen molar-refractivity contribution in [1.29, 1.82) is 0 Å². The fraction of sp³-hybridized carbons (Fsp3) is 0.104. The van der Waals surface area contributed by atoms with E-state index in [1.54, 1.807) is 0 Å². The summed E-state index contributed by atoms with van der Waals surface area (Å²) in [5.41, 5.74) is 24.5. The normalized spacial score (nSPS) is 12.6. The van der Waals surface area contributed by atoms with E-state index in [4.69, 9.17) is 0 Å². The van der Waals surface area contributed by atoms with Gasteiger partial charge in [-0.15, -0.1) is 0 Å². The molecule has 0 radical (unpaired) electrons. The van der Waals surface area contributed by atoms with Crippen LogP contribution in [0.15, 0.2) is 231 Å². The van der Waals surface area contributed by atoms with Gasteiger partial charge in [-0.3, -0.25) is 0 Å². The van der Waals surface area contributed by atoms with Gasteiger partial charge in [0.25, 0.3) is 0 Å². The van der Waals surface area contributed by atoms with Gasteiger partial charge in [0, 0.05) is 38.8 Å². The number of hydrogen-bond acceptors (Lipinski definition) is 1. The zero-order valence-corrected chi connectivity index (χ0v) is 39.7. The molecule has 10 aromatic carbocycles. The summed E-state index contributed by atoms with van der Waals surface area (Å²) in [4.78, 5) is 2.47. The summed E-state index contributed by atoms with van der Waals surface area (Å²) >= 11 is 0. The monoisotopic (exact) mass is 886 g/mol. The van der Waals surface area contributed by atoms with Crippen molar-refractivity contribution in [2.45, 2.75) is 46.0 Å². The van der Waals surface area contributed by atoms with Crippen molar-refractivity contribution in [2.24, 2.45) is 0 Å². The van der Waals surface area contributed by atoms with Crippen LogP contribution in [-0.4, -0.2) is 4.57 Å². The van der Waals surface area contributed by atoms with Gasteiger partial charge >= 0.3 is 0 Å². The maximum Gasteiger partial charge on any atom is 0.0546 e. The van der Waals surface area contributed by atoms with Crippen LogP contribution in [0.4, 0.5) is 17.1 Å². The Kier molecular flexibility index (Phi) is 10.5. The third kappa shape index (κ3) is 7.36. The minimum atomic E-state index is -0.135. The Balaban J connectivity index is 0.903. The number of rotatable bonds is 10. The molecule has 0 saturated carbocycles. The molecule has 0 atom stereocenters. The van der Waals surface area contributed by atoms with Gasteiger partial charge in [-0.2, -0.15) is 0 Å². The largest absolute Gasteiger partial charge is 0.310 e. The summed E-state index contributed by atoms with van der Waals surface area (Å²) in [6.07, 6.45) is 2.05. The van der Waals surface area contributed by atoms with Crippen LogP contribution in [-0.2, 0) is 18.3 Å². The molecule has 0 saturated heterocycles. The smallest absolute Gasteiger partial charge is 0.0546 e. The quantitative estimate of drug-likeness (QED) is 0.133. The highest BCUT2D eigenvalue weighted by molar-refractivity contribution is 6.10. The van der Waals surface area contributed by atoms with Crippen molar-refractivity contribution in [3.8, 4) is 61.3 Å². The second kappa shape index (κ2) is 17.1. The highest BCUT2D eigenvalue weighted by Gasteiger charge is 2.36. The van der Waals surface area contributed by atoms with Crippen molar-refractivity contribution in [2.75, 3.05) is 4.90 Å². The number of aryl methyl sites for hydroxylation is 2. The number of hydrogen-bond donors (Lipinski definition) is 0. The summed E-state index contributed by atoms with van der Waals surface area (Å²) in [7, 11) is 0. The number of aromatic nitrogens is 1. The second-order valence-corrected chi connectivity index (χ2v) is 19.1. The molecule has 2 nitrogen and oxygen atoms in total. The maximum atomic E-state index is 2.47. The van der Waals surface area contributed by atoms with Crippen LogP contribution < -0.4 is 4.90 Å². The van der Waals surface area contributed by atoms with E-state index in [2.05, 4.69) is 268 Å². The predicted molar refractivity (Wildman–Crippen MR) is 294 cm³/mol. The van der Waals surface area contributed by atoms with Crippen LogP contribution in [0.5, 0.6) is 0 Å². The van der Waals surface area contributed by atoms with E-state index >= 15 is 0 Å².